The molecule has 1 unspecified atom stereocenters. The first kappa shape index (κ1) is 15.0. The molecule has 2 aromatic rings. The number of rotatable bonds is 4. The van der Waals surface area contributed by atoms with Crippen LogP contribution in [0.4, 0.5) is 5.82 Å². The highest BCUT2D eigenvalue weighted by molar-refractivity contribution is 5.38. The van der Waals surface area contributed by atoms with E-state index in [4.69, 9.17) is 9.97 Å². The minimum atomic E-state index is -0.123. The molecule has 0 aliphatic carbocycles. The Morgan fingerprint density at radius 1 is 1.36 bits per heavy atom. The maximum atomic E-state index is 4.81. The Balaban J connectivity index is 1.94. The van der Waals surface area contributed by atoms with Gasteiger partial charge in [0.2, 0.25) is 0 Å². The molecule has 0 spiro atoms. The summed E-state index contributed by atoms with van der Waals surface area (Å²) >= 11 is 0. The van der Waals surface area contributed by atoms with E-state index in [2.05, 4.69) is 21.8 Å². The van der Waals surface area contributed by atoms with Gasteiger partial charge in [0.05, 0.1) is 11.9 Å². The van der Waals surface area contributed by atoms with Crippen LogP contribution in [-0.4, -0.2) is 45.5 Å². The van der Waals surface area contributed by atoms with E-state index >= 15 is 0 Å². The average Bonchev–Trinajstić information content (AvgIpc) is 3.10. The molecule has 0 bridgehead atoms. The van der Waals surface area contributed by atoms with E-state index in [9.17, 15) is 0 Å². The van der Waals surface area contributed by atoms with E-state index < -0.39 is 0 Å². The molecule has 6 nitrogen and oxygen atoms in total. The lowest BCUT2D eigenvalue weighted by Gasteiger charge is -2.34. The number of imidazole rings is 1. The summed E-state index contributed by atoms with van der Waals surface area (Å²) in [4.78, 5) is 21.4. The molecule has 1 N–H and O–H groups in total. The smallest absolute Gasteiger partial charge is 0.150 e. The second-order valence-electron chi connectivity index (χ2n) is 6.46. The molecule has 22 heavy (non-hydrogen) atoms. The van der Waals surface area contributed by atoms with Gasteiger partial charge in [-0.05, 0) is 33.2 Å². The Hall–Kier alpha value is -1.95. The Morgan fingerprint density at radius 2 is 2.18 bits per heavy atom. The Morgan fingerprint density at radius 3 is 2.86 bits per heavy atom. The van der Waals surface area contributed by atoms with Crippen LogP contribution in [0, 0.1) is 6.92 Å². The topological polar surface area (TPSA) is 60.9 Å². The Kier molecular flexibility index (Phi) is 3.87. The van der Waals surface area contributed by atoms with Crippen molar-refractivity contribution >= 4 is 5.82 Å². The zero-order valence-corrected chi connectivity index (χ0v) is 13.8. The van der Waals surface area contributed by atoms with Gasteiger partial charge >= 0.3 is 0 Å². The molecular formula is C16H24N6. The fraction of sp³-hybridized carbons (Fsp3) is 0.562. The fourth-order valence-electron chi connectivity index (χ4n) is 3.12. The molecule has 1 atom stereocenters. The van der Waals surface area contributed by atoms with E-state index in [1.807, 2.05) is 38.2 Å². The van der Waals surface area contributed by atoms with Gasteiger partial charge in [-0.25, -0.2) is 15.0 Å². The quantitative estimate of drug-likeness (QED) is 0.937. The van der Waals surface area contributed by atoms with Crippen molar-refractivity contribution < 1.29 is 0 Å². The van der Waals surface area contributed by atoms with Gasteiger partial charge in [-0.2, -0.15) is 0 Å². The maximum Gasteiger partial charge on any atom is 0.150 e. The van der Waals surface area contributed by atoms with Crippen molar-refractivity contribution in [2.45, 2.75) is 38.8 Å². The molecule has 0 radical (unpaired) electrons. The SMILES string of the molecule is Cc1cc(N(C)C)nc(C2(C)CCCN2Cc2cnc[nH]2)n1. The van der Waals surface area contributed by atoms with Crippen LogP contribution in [0.2, 0.25) is 0 Å². The highest BCUT2D eigenvalue weighted by atomic mass is 15.3. The Bertz CT molecular complexity index is 636. The highest BCUT2D eigenvalue weighted by Crippen LogP contribution is 2.38. The van der Waals surface area contributed by atoms with Gasteiger partial charge in [0.25, 0.3) is 0 Å². The summed E-state index contributed by atoms with van der Waals surface area (Å²) < 4.78 is 0. The van der Waals surface area contributed by atoms with Crippen LogP contribution in [0.3, 0.4) is 0 Å². The summed E-state index contributed by atoms with van der Waals surface area (Å²) in [6, 6.07) is 2.03. The lowest BCUT2D eigenvalue weighted by molar-refractivity contribution is 0.136. The molecule has 3 heterocycles. The third kappa shape index (κ3) is 2.70. The van der Waals surface area contributed by atoms with E-state index in [1.54, 1.807) is 6.33 Å². The first-order valence-electron chi connectivity index (χ1n) is 7.75. The van der Waals surface area contributed by atoms with Crippen LogP contribution in [0.1, 0.15) is 37.0 Å². The monoisotopic (exact) mass is 300 g/mol. The number of aryl methyl sites for hydroxylation is 1. The molecule has 1 aliphatic rings. The zero-order chi connectivity index (χ0) is 15.7. The number of anilines is 1. The predicted octanol–water partition coefficient (Wildman–Crippen LogP) is 2.09. The molecule has 0 saturated carbocycles. The molecule has 0 aromatic carbocycles. The number of hydrogen-bond donors (Lipinski definition) is 1. The molecule has 2 aromatic heterocycles. The Labute approximate surface area is 131 Å². The van der Waals surface area contributed by atoms with E-state index in [0.717, 1.165) is 42.5 Å². The van der Waals surface area contributed by atoms with E-state index in [0.29, 0.717) is 0 Å². The normalized spacial score (nSPS) is 22.2. The second kappa shape index (κ2) is 5.68. The third-order valence-electron chi connectivity index (χ3n) is 4.49. The van der Waals surface area contributed by atoms with E-state index in [1.165, 1.54) is 6.42 Å². The fourth-order valence-corrected chi connectivity index (χ4v) is 3.12. The van der Waals surface area contributed by atoms with Crippen molar-refractivity contribution in [2.24, 2.45) is 0 Å². The van der Waals surface area contributed by atoms with E-state index in [-0.39, 0.29) is 5.54 Å². The van der Waals surface area contributed by atoms with Crippen molar-refractivity contribution in [3.8, 4) is 0 Å². The largest absolute Gasteiger partial charge is 0.363 e. The number of aromatic amines is 1. The van der Waals surface area contributed by atoms with Gasteiger partial charge < -0.3 is 9.88 Å². The summed E-state index contributed by atoms with van der Waals surface area (Å²) in [6.45, 7) is 6.20. The highest BCUT2D eigenvalue weighted by Gasteiger charge is 2.41. The molecule has 118 valence electrons. The van der Waals surface area contributed by atoms with Crippen LogP contribution in [0.5, 0.6) is 0 Å². The van der Waals surface area contributed by atoms with Crippen molar-refractivity contribution in [3.05, 3.63) is 35.8 Å². The van der Waals surface area contributed by atoms with Crippen molar-refractivity contribution in [1.29, 1.82) is 0 Å². The molecule has 3 rings (SSSR count). The van der Waals surface area contributed by atoms with Crippen LogP contribution >= 0.6 is 0 Å². The van der Waals surface area contributed by atoms with Gasteiger partial charge in [-0.15, -0.1) is 0 Å². The van der Waals surface area contributed by atoms with Crippen LogP contribution < -0.4 is 4.90 Å². The lowest BCUT2D eigenvalue weighted by atomic mass is 9.97. The van der Waals surface area contributed by atoms with Crippen molar-refractivity contribution in [2.75, 3.05) is 25.5 Å². The average molecular weight is 300 g/mol. The second-order valence-corrected chi connectivity index (χ2v) is 6.46. The van der Waals surface area contributed by atoms with Crippen LogP contribution in [0.15, 0.2) is 18.6 Å². The van der Waals surface area contributed by atoms with Crippen molar-refractivity contribution in [1.82, 2.24) is 24.8 Å². The van der Waals surface area contributed by atoms with Gasteiger partial charge in [-0.1, -0.05) is 0 Å². The molecule has 0 amide bonds. The first-order valence-corrected chi connectivity index (χ1v) is 7.75. The van der Waals surface area contributed by atoms with Gasteiger partial charge in [0, 0.05) is 44.3 Å². The summed E-state index contributed by atoms with van der Waals surface area (Å²) in [5.74, 6) is 1.89. The number of nitrogens with zero attached hydrogens (tertiary/aromatic N) is 5. The molecular weight excluding hydrogens is 276 g/mol. The molecule has 1 saturated heterocycles. The standard InChI is InChI=1S/C16H24N6/c1-12-8-14(21(3)4)20-15(19-12)16(2)6-5-7-22(16)10-13-9-17-11-18-13/h8-9,11H,5-7,10H2,1-4H3,(H,17,18). The number of nitrogens with one attached hydrogen (secondary N) is 1. The van der Waals surface area contributed by atoms with Crippen molar-refractivity contribution in [3.63, 3.8) is 0 Å². The maximum absolute atomic E-state index is 4.81. The number of hydrogen-bond acceptors (Lipinski definition) is 5. The molecule has 6 heteroatoms. The van der Waals surface area contributed by atoms with Gasteiger partial charge in [-0.3, -0.25) is 4.90 Å². The van der Waals surface area contributed by atoms with Crippen LogP contribution in [-0.2, 0) is 12.1 Å². The minimum absolute atomic E-state index is 0.123. The summed E-state index contributed by atoms with van der Waals surface area (Å²) in [7, 11) is 4.04. The summed E-state index contributed by atoms with van der Waals surface area (Å²) in [6.07, 6.45) is 5.87. The van der Waals surface area contributed by atoms with Crippen LogP contribution in [0.25, 0.3) is 0 Å². The molecule has 1 fully saturated rings. The number of aromatic nitrogens is 4. The van der Waals surface area contributed by atoms with Gasteiger partial charge in [0.1, 0.15) is 5.82 Å². The predicted molar refractivity (Wildman–Crippen MR) is 86.7 cm³/mol. The first-order chi connectivity index (χ1) is 10.5. The van der Waals surface area contributed by atoms with Gasteiger partial charge in [0.15, 0.2) is 5.82 Å². The number of likely N-dealkylation sites (tertiary alicyclic amines) is 1. The summed E-state index contributed by atoms with van der Waals surface area (Å²) in [5.41, 5.74) is 2.03. The minimum Gasteiger partial charge on any atom is -0.363 e. The lowest BCUT2D eigenvalue weighted by Crippen LogP contribution is -2.40. The third-order valence-corrected chi connectivity index (χ3v) is 4.49. The zero-order valence-electron chi connectivity index (χ0n) is 13.8. The summed E-state index contributed by atoms with van der Waals surface area (Å²) in [5, 5.41) is 0. The molecule has 1 aliphatic heterocycles. The number of H-pyrrole nitrogens is 1.